The summed E-state index contributed by atoms with van der Waals surface area (Å²) in [4.78, 5) is 0. The van der Waals surface area contributed by atoms with Gasteiger partial charge >= 0.3 is 6.36 Å². The van der Waals surface area contributed by atoms with Crippen LogP contribution in [0.5, 0.6) is 5.75 Å². The van der Waals surface area contributed by atoms with Crippen molar-refractivity contribution in [3.8, 4) is 5.75 Å². The molecule has 2 aliphatic carbocycles. The maximum atomic E-state index is 14.0. The number of alkyl halides is 3. The Balaban J connectivity index is 1.34. The SMILES string of the molecule is CCCCC1CCC(CCCC2CCC(c3ccc(OC(F)(F)F)c(F)c3)CC2)CC1. The first-order valence-electron chi connectivity index (χ1n) is 12.4. The molecular formula is C26H38F4O. The molecule has 31 heavy (non-hydrogen) atoms. The van der Waals surface area contributed by atoms with Crippen LogP contribution in [0.1, 0.15) is 108 Å². The van der Waals surface area contributed by atoms with Crippen molar-refractivity contribution in [1.82, 2.24) is 0 Å². The van der Waals surface area contributed by atoms with Crippen LogP contribution in [0, 0.1) is 23.6 Å². The smallest absolute Gasteiger partial charge is 0.403 e. The van der Waals surface area contributed by atoms with Crippen LogP contribution in [0.15, 0.2) is 18.2 Å². The van der Waals surface area contributed by atoms with E-state index in [-0.39, 0.29) is 5.92 Å². The molecule has 0 amide bonds. The van der Waals surface area contributed by atoms with E-state index in [0.717, 1.165) is 55.1 Å². The van der Waals surface area contributed by atoms with E-state index in [1.165, 1.54) is 70.3 Å². The second kappa shape index (κ2) is 11.6. The molecule has 176 valence electrons. The first-order chi connectivity index (χ1) is 14.8. The monoisotopic (exact) mass is 442 g/mol. The number of unbranched alkanes of at least 4 members (excludes halogenated alkanes) is 1. The molecule has 1 aromatic carbocycles. The van der Waals surface area contributed by atoms with Gasteiger partial charge in [0.05, 0.1) is 0 Å². The van der Waals surface area contributed by atoms with Crippen LogP contribution in [0.4, 0.5) is 17.6 Å². The maximum absolute atomic E-state index is 14.0. The zero-order valence-corrected chi connectivity index (χ0v) is 18.9. The van der Waals surface area contributed by atoms with Crippen molar-refractivity contribution < 1.29 is 22.3 Å². The van der Waals surface area contributed by atoms with Crippen LogP contribution in [0.3, 0.4) is 0 Å². The predicted molar refractivity (Wildman–Crippen MR) is 117 cm³/mol. The predicted octanol–water partition coefficient (Wildman–Crippen LogP) is 9.16. The van der Waals surface area contributed by atoms with Crippen molar-refractivity contribution >= 4 is 0 Å². The average molecular weight is 443 g/mol. The first-order valence-corrected chi connectivity index (χ1v) is 12.4. The summed E-state index contributed by atoms with van der Waals surface area (Å²) in [6.07, 6.45) is 13.2. The fourth-order valence-corrected chi connectivity index (χ4v) is 5.76. The van der Waals surface area contributed by atoms with Crippen molar-refractivity contribution in [3.63, 3.8) is 0 Å². The summed E-state index contributed by atoms with van der Waals surface area (Å²) < 4.78 is 54.7. The Hall–Kier alpha value is -1.26. The minimum atomic E-state index is -4.87. The summed E-state index contributed by atoms with van der Waals surface area (Å²) in [7, 11) is 0. The molecule has 0 bridgehead atoms. The Labute approximate surface area is 184 Å². The molecule has 0 unspecified atom stereocenters. The van der Waals surface area contributed by atoms with E-state index in [4.69, 9.17) is 0 Å². The van der Waals surface area contributed by atoms with E-state index in [2.05, 4.69) is 11.7 Å². The Morgan fingerprint density at radius 2 is 1.32 bits per heavy atom. The highest BCUT2D eigenvalue weighted by Gasteiger charge is 2.32. The molecule has 1 nitrogen and oxygen atoms in total. The van der Waals surface area contributed by atoms with E-state index in [1.54, 1.807) is 6.07 Å². The molecule has 0 saturated heterocycles. The van der Waals surface area contributed by atoms with Crippen LogP contribution < -0.4 is 4.74 Å². The third kappa shape index (κ3) is 7.98. The molecule has 0 radical (unpaired) electrons. The maximum Gasteiger partial charge on any atom is 0.573 e. The van der Waals surface area contributed by atoms with Gasteiger partial charge in [0.1, 0.15) is 0 Å². The van der Waals surface area contributed by atoms with Gasteiger partial charge in [0.2, 0.25) is 0 Å². The van der Waals surface area contributed by atoms with Gasteiger partial charge in [0.25, 0.3) is 0 Å². The highest BCUT2D eigenvalue weighted by molar-refractivity contribution is 5.31. The number of rotatable bonds is 9. The van der Waals surface area contributed by atoms with E-state index < -0.39 is 17.9 Å². The quantitative estimate of drug-likeness (QED) is 0.346. The molecule has 2 aliphatic rings. The van der Waals surface area contributed by atoms with E-state index in [1.807, 2.05) is 0 Å². The van der Waals surface area contributed by atoms with Crippen molar-refractivity contribution in [2.24, 2.45) is 17.8 Å². The highest BCUT2D eigenvalue weighted by atomic mass is 19.4. The van der Waals surface area contributed by atoms with E-state index >= 15 is 0 Å². The summed E-state index contributed by atoms with van der Waals surface area (Å²) in [5, 5.41) is 0. The Morgan fingerprint density at radius 3 is 1.81 bits per heavy atom. The fraction of sp³-hybridized carbons (Fsp3) is 0.769. The van der Waals surface area contributed by atoms with Crippen molar-refractivity contribution in [3.05, 3.63) is 29.6 Å². The average Bonchev–Trinajstić information content (AvgIpc) is 2.74. The molecule has 5 heteroatoms. The number of ether oxygens (including phenoxy) is 1. The number of halogens is 4. The first kappa shape index (κ1) is 24.4. The van der Waals surface area contributed by atoms with Gasteiger partial charge in [0.15, 0.2) is 11.6 Å². The largest absolute Gasteiger partial charge is 0.573 e. The standard InChI is InChI=1S/C26H38F4O/c1-2-3-5-19-8-10-20(11-9-19)6-4-7-21-12-14-22(15-13-21)23-16-17-25(24(27)18-23)31-26(28,29)30/h16-22H,2-15H2,1H3. The summed E-state index contributed by atoms with van der Waals surface area (Å²) in [6.45, 7) is 2.28. The minimum absolute atomic E-state index is 0.240. The van der Waals surface area contributed by atoms with Gasteiger partial charge in [-0.25, -0.2) is 4.39 Å². The van der Waals surface area contributed by atoms with Crippen LogP contribution in [0.2, 0.25) is 0 Å². The number of benzene rings is 1. The Kier molecular flexibility index (Phi) is 9.09. The molecule has 0 aromatic heterocycles. The summed E-state index contributed by atoms with van der Waals surface area (Å²) >= 11 is 0. The Bertz CT molecular complexity index is 656. The lowest BCUT2D eigenvalue weighted by molar-refractivity contribution is -0.275. The second-order valence-corrected chi connectivity index (χ2v) is 9.92. The van der Waals surface area contributed by atoms with Crippen LogP contribution >= 0.6 is 0 Å². The van der Waals surface area contributed by atoms with Gasteiger partial charge in [-0.05, 0) is 67.1 Å². The van der Waals surface area contributed by atoms with Crippen molar-refractivity contribution in [1.29, 1.82) is 0 Å². The molecule has 0 aliphatic heterocycles. The lowest BCUT2D eigenvalue weighted by Gasteiger charge is -2.31. The third-order valence-corrected chi connectivity index (χ3v) is 7.66. The van der Waals surface area contributed by atoms with Gasteiger partial charge in [-0.3, -0.25) is 0 Å². The Morgan fingerprint density at radius 1 is 0.806 bits per heavy atom. The molecular weight excluding hydrogens is 404 g/mol. The van der Waals surface area contributed by atoms with Crippen LogP contribution in [-0.2, 0) is 0 Å². The topological polar surface area (TPSA) is 9.23 Å². The van der Waals surface area contributed by atoms with Gasteiger partial charge in [-0.15, -0.1) is 13.2 Å². The molecule has 0 N–H and O–H groups in total. The summed E-state index contributed by atoms with van der Waals surface area (Å²) in [6, 6.07) is 3.93. The molecule has 2 saturated carbocycles. The van der Waals surface area contributed by atoms with E-state index in [9.17, 15) is 17.6 Å². The minimum Gasteiger partial charge on any atom is -0.403 e. The number of hydrogen-bond donors (Lipinski definition) is 0. The van der Waals surface area contributed by atoms with Gasteiger partial charge in [-0.2, -0.15) is 0 Å². The molecule has 0 spiro atoms. The molecule has 0 atom stereocenters. The third-order valence-electron chi connectivity index (χ3n) is 7.66. The van der Waals surface area contributed by atoms with Crippen molar-refractivity contribution in [2.75, 3.05) is 0 Å². The van der Waals surface area contributed by atoms with Gasteiger partial charge in [0, 0.05) is 0 Å². The zero-order valence-electron chi connectivity index (χ0n) is 18.9. The second-order valence-electron chi connectivity index (χ2n) is 9.92. The van der Waals surface area contributed by atoms with E-state index in [0.29, 0.717) is 0 Å². The lowest BCUT2D eigenvalue weighted by atomic mass is 9.75. The number of hydrogen-bond acceptors (Lipinski definition) is 1. The normalized spacial score (nSPS) is 27.3. The highest BCUT2D eigenvalue weighted by Crippen LogP contribution is 2.40. The van der Waals surface area contributed by atoms with Gasteiger partial charge in [-0.1, -0.05) is 77.2 Å². The summed E-state index contributed by atoms with van der Waals surface area (Å²) in [5.74, 6) is 1.21. The molecule has 1 aromatic rings. The lowest BCUT2D eigenvalue weighted by Crippen LogP contribution is -2.18. The van der Waals surface area contributed by atoms with Crippen LogP contribution in [-0.4, -0.2) is 6.36 Å². The van der Waals surface area contributed by atoms with Gasteiger partial charge < -0.3 is 4.74 Å². The summed E-state index contributed by atoms with van der Waals surface area (Å²) in [5.41, 5.74) is 0.797. The fourth-order valence-electron chi connectivity index (χ4n) is 5.76. The van der Waals surface area contributed by atoms with Crippen molar-refractivity contribution in [2.45, 2.75) is 109 Å². The van der Waals surface area contributed by atoms with Crippen LogP contribution in [0.25, 0.3) is 0 Å². The molecule has 0 heterocycles. The molecule has 3 rings (SSSR count). The molecule has 2 fully saturated rings. The zero-order chi connectivity index (χ0) is 22.3.